The van der Waals surface area contributed by atoms with Crippen LogP contribution < -0.4 is 10.5 Å². The van der Waals surface area contributed by atoms with Crippen LogP contribution in [0.15, 0.2) is 59.1 Å². The van der Waals surface area contributed by atoms with Crippen LogP contribution in [0.3, 0.4) is 0 Å². The monoisotopic (exact) mass is 434 g/mol. The maximum atomic E-state index is 12.8. The lowest BCUT2D eigenvalue weighted by Crippen LogP contribution is -2.50. The van der Waals surface area contributed by atoms with Crippen LogP contribution in [0.5, 0.6) is 11.5 Å². The van der Waals surface area contributed by atoms with Crippen molar-refractivity contribution in [3.63, 3.8) is 0 Å². The van der Waals surface area contributed by atoms with Gasteiger partial charge in [0.15, 0.2) is 0 Å². The van der Waals surface area contributed by atoms with E-state index in [2.05, 4.69) is 5.16 Å². The van der Waals surface area contributed by atoms with Crippen LogP contribution in [-0.2, 0) is 0 Å². The number of rotatable bonds is 5. The number of hydrogen-bond acceptors (Lipinski definition) is 6. The minimum Gasteiger partial charge on any atom is -0.457 e. The summed E-state index contributed by atoms with van der Waals surface area (Å²) in [5.41, 5.74) is 6.81. The molecule has 1 aliphatic rings. The molecule has 0 aliphatic carbocycles. The Morgan fingerprint density at radius 2 is 1.34 bits per heavy atom. The van der Waals surface area contributed by atoms with Crippen LogP contribution in [0.1, 0.15) is 37.0 Å². The van der Waals surface area contributed by atoms with Gasteiger partial charge in [-0.15, -0.1) is 0 Å². The van der Waals surface area contributed by atoms with Gasteiger partial charge >= 0.3 is 0 Å². The third-order valence-electron chi connectivity index (χ3n) is 5.17. The van der Waals surface area contributed by atoms with Crippen molar-refractivity contribution >= 4 is 17.7 Å². The summed E-state index contributed by atoms with van der Waals surface area (Å²) in [6.45, 7) is 3.47. The molecule has 9 nitrogen and oxygen atoms in total. The number of amides is 3. The summed E-state index contributed by atoms with van der Waals surface area (Å²) >= 11 is 0. The summed E-state index contributed by atoms with van der Waals surface area (Å²) in [6.07, 6.45) is 0. The summed E-state index contributed by atoms with van der Waals surface area (Å²) in [7, 11) is 0. The Kier molecular flexibility index (Phi) is 5.89. The van der Waals surface area contributed by atoms with Crippen molar-refractivity contribution in [1.29, 1.82) is 0 Å². The first-order valence-corrected chi connectivity index (χ1v) is 10.1. The maximum Gasteiger partial charge on any atom is 0.292 e. The van der Waals surface area contributed by atoms with E-state index in [0.717, 1.165) is 0 Å². The SMILES string of the molecule is Cc1cc(C(=O)N2CCN(C(=O)c3ccc(Oc4ccc(C(N)=O)cc4)cc3)CC2)on1. The first-order chi connectivity index (χ1) is 15.4. The van der Waals surface area contributed by atoms with Gasteiger partial charge in [0, 0.05) is 43.4 Å². The molecule has 2 heterocycles. The Balaban J connectivity index is 1.33. The molecule has 9 heteroatoms. The number of benzene rings is 2. The van der Waals surface area contributed by atoms with E-state index in [1.807, 2.05) is 0 Å². The van der Waals surface area contributed by atoms with E-state index in [0.29, 0.717) is 54.5 Å². The fourth-order valence-corrected chi connectivity index (χ4v) is 3.40. The fraction of sp³-hybridized carbons (Fsp3) is 0.217. The summed E-state index contributed by atoms with van der Waals surface area (Å²) in [5.74, 6) is 0.496. The highest BCUT2D eigenvalue weighted by molar-refractivity contribution is 5.95. The number of ether oxygens (including phenoxy) is 1. The number of aryl methyl sites for hydroxylation is 1. The van der Waals surface area contributed by atoms with Crippen molar-refractivity contribution in [1.82, 2.24) is 15.0 Å². The highest BCUT2D eigenvalue weighted by Crippen LogP contribution is 2.23. The second-order valence-corrected chi connectivity index (χ2v) is 7.43. The van der Waals surface area contributed by atoms with Gasteiger partial charge < -0.3 is 24.8 Å². The molecule has 1 fully saturated rings. The fourth-order valence-electron chi connectivity index (χ4n) is 3.40. The number of nitrogens with zero attached hydrogens (tertiary/aromatic N) is 3. The van der Waals surface area contributed by atoms with Crippen LogP contribution in [0.25, 0.3) is 0 Å². The van der Waals surface area contributed by atoms with Crippen LogP contribution in [0.4, 0.5) is 0 Å². The molecular formula is C23H22N4O5. The van der Waals surface area contributed by atoms with Crippen molar-refractivity contribution < 1.29 is 23.6 Å². The van der Waals surface area contributed by atoms with Crippen LogP contribution in [0, 0.1) is 6.92 Å². The predicted molar refractivity (Wildman–Crippen MR) is 115 cm³/mol. The number of hydrogen-bond donors (Lipinski definition) is 1. The van der Waals surface area contributed by atoms with E-state index in [9.17, 15) is 14.4 Å². The van der Waals surface area contributed by atoms with Gasteiger partial charge in [-0.1, -0.05) is 5.16 Å². The molecule has 164 valence electrons. The van der Waals surface area contributed by atoms with Gasteiger partial charge in [0.1, 0.15) is 11.5 Å². The molecule has 1 aliphatic heterocycles. The minimum absolute atomic E-state index is 0.107. The first kappa shape index (κ1) is 21.1. The molecule has 2 aromatic carbocycles. The Morgan fingerprint density at radius 3 is 1.81 bits per heavy atom. The summed E-state index contributed by atoms with van der Waals surface area (Å²) in [5, 5.41) is 3.74. The minimum atomic E-state index is -0.502. The van der Waals surface area contributed by atoms with Crippen molar-refractivity contribution in [3.05, 3.63) is 77.2 Å². The predicted octanol–water partition coefficient (Wildman–Crippen LogP) is 2.47. The van der Waals surface area contributed by atoms with Gasteiger partial charge in [0.05, 0.1) is 5.69 Å². The number of carbonyl (C=O) groups is 3. The lowest BCUT2D eigenvalue weighted by Gasteiger charge is -2.34. The molecule has 2 N–H and O–H groups in total. The molecule has 0 spiro atoms. The number of carbonyl (C=O) groups excluding carboxylic acids is 3. The average Bonchev–Trinajstić information content (AvgIpc) is 3.25. The summed E-state index contributed by atoms with van der Waals surface area (Å²) < 4.78 is 10.8. The number of aromatic nitrogens is 1. The highest BCUT2D eigenvalue weighted by Gasteiger charge is 2.27. The second kappa shape index (κ2) is 8.93. The topological polar surface area (TPSA) is 119 Å². The molecule has 4 rings (SSSR count). The molecule has 0 bridgehead atoms. The van der Waals surface area contributed by atoms with E-state index < -0.39 is 5.91 Å². The Hall–Kier alpha value is -4.14. The summed E-state index contributed by atoms with van der Waals surface area (Å²) in [4.78, 5) is 39.8. The van der Waals surface area contributed by atoms with Gasteiger partial charge in [-0.25, -0.2) is 0 Å². The van der Waals surface area contributed by atoms with Gasteiger partial charge in [-0.2, -0.15) is 0 Å². The van der Waals surface area contributed by atoms with Gasteiger partial charge in [0.2, 0.25) is 11.7 Å². The molecule has 32 heavy (non-hydrogen) atoms. The molecular weight excluding hydrogens is 412 g/mol. The molecule has 0 atom stereocenters. The molecule has 0 unspecified atom stereocenters. The summed E-state index contributed by atoms with van der Waals surface area (Å²) in [6, 6.07) is 14.9. The van der Waals surface area contributed by atoms with Crippen molar-refractivity contribution in [2.24, 2.45) is 5.73 Å². The number of nitrogens with two attached hydrogens (primary N) is 1. The largest absolute Gasteiger partial charge is 0.457 e. The van der Waals surface area contributed by atoms with Gasteiger partial charge in [-0.05, 0) is 55.5 Å². The van der Waals surface area contributed by atoms with E-state index in [1.54, 1.807) is 71.3 Å². The third-order valence-corrected chi connectivity index (χ3v) is 5.17. The van der Waals surface area contributed by atoms with Crippen molar-refractivity contribution in [2.75, 3.05) is 26.2 Å². The van der Waals surface area contributed by atoms with E-state index in [4.69, 9.17) is 15.0 Å². The zero-order valence-corrected chi connectivity index (χ0v) is 17.5. The Bertz CT molecular complexity index is 1130. The van der Waals surface area contributed by atoms with Crippen LogP contribution in [-0.4, -0.2) is 58.9 Å². The van der Waals surface area contributed by atoms with Gasteiger partial charge in [-0.3, -0.25) is 14.4 Å². The molecule has 0 radical (unpaired) electrons. The standard InChI is InChI=1S/C23H22N4O5/c1-15-14-20(32-25-15)23(30)27-12-10-26(11-13-27)22(29)17-4-8-19(9-5-17)31-18-6-2-16(3-7-18)21(24)28/h2-9,14H,10-13H2,1H3,(H2,24,28). The molecule has 1 aromatic heterocycles. The highest BCUT2D eigenvalue weighted by atomic mass is 16.5. The zero-order chi connectivity index (χ0) is 22.7. The zero-order valence-electron chi connectivity index (χ0n) is 17.5. The first-order valence-electron chi connectivity index (χ1n) is 10.1. The van der Waals surface area contributed by atoms with E-state index in [-0.39, 0.29) is 17.6 Å². The van der Waals surface area contributed by atoms with Crippen molar-refractivity contribution in [2.45, 2.75) is 6.92 Å². The lowest BCUT2D eigenvalue weighted by atomic mass is 10.1. The Labute approximate surface area is 184 Å². The normalized spacial score (nSPS) is 13.7. The van der Waals surface area contributed by atoms with Crippen LogP contribution >= 0.6 is 0 Å². The molecule has 3 aromatic rings. The average molecular weight is 434 g/mol. The molecule has 1 saturated heterocycles. The second-order valence-electron chi connectivity index (χ2n) is 7.43. The van der Waals surface area contributed by atoms with E-state index >= 15 is 0 Å². The Morgan fingerprint density at radius 1 is 0.844 bits per heavy atom. The maximum absolute atomic E-state index is 12.8. The molecule has 3 amide bonds. The number of primary amides is 1. The smallest absolute Gasteiger partial charge is 0.292 e. The molecule has 0 saturated carbocycles. The van der Waals surface area contributed by atoms with Crippen LogP contribution in [0.2, 0.25) is 0 Å². The lowest BCUT2D eigenvalue weighted by molar-refractivity contribution is 0.0512. The van der Waals surface area contributed by atoms with E-state index in [1.165, 1.54) is 0 Å². The van der Waals surface area contributed by atoms with Gasteiger partial charge in [0.25, 0.3) is 11.8 Å². The number of piperazine rings is 1. The van der Waals surface area contributed by atoms with Crippen molar-refractivity contribution in [3.8, 4) is 11.5 Å². The third kappa shape index (κ3) is 4.61. The quantitative estimate of drug-likeness (QED) is 0.659.